The number of carbonyl (C=O) groups excluding carboxylic acids is 1. The summed E-state index contributed by atoms with van der Waals surface area (Å²) in [6.07, 6.45) is 1.10. The van der Waals surface area contributed by atoms with E-state index in [1.807, 2.05) is 6.92 Å². The summed E-state index contributed by atoms with van der Waals surface area (Å²) in [5.41, 5.74) is 1.96. The fourth-order valence-electron chi connectivity index (χ4n) is 3.14. The van der Waals surface area contributed by atoms with E-state index in [0.717, 1.165) is 5.69 Å². The van der Waals surface area contributed by atoms with E-state index in [-0.39, 0.29) is 5.69 Å². The highest BCUT2D eigenvalue weighted by molar-refractivity contribution is 5.99. The fraction of sp³-hybridized carbons (Fsp3) is 0.350. The molecule has 0 saturated carbocycles. The van der Waals surface area contributed by atoms with Crippen LogP contribution in [0.4, 0.5) is 25.4 Å². The molecule has 154 valence electrons. The Morgan fingerprint density at radius 3 is 2.55 bits per heavy atom. The average Bonchev–Trinajstić information content (AvgIpc) is 2.70. The maximum Gasteiger partial charge on any atom is 0.407 e. The highest BCUT2D eigenvalue weighted by atomic mass is 19.1. The van der Waals surface area contributed by atoms with E-state index in [1.54, 1.807) is 24.3 Å². The van der Waals surface area contributed by atoms with E-state index in [9.17, 15) is 14.0 Å². The van der Waals surface area contributed by atoms with Gasteiger partial charge in [0, 0.05) is 38.4 Å². The van der Waals surface area contributed by atoms with Gasteiger partial charge in [-0.1, -0.05) is 12.1 Å². The van der Waals surface area contributed by atoms with E-state index in [1.165, 1.54) is 17.2 Å². The van der Waals surface area contributed by atoms with Gasteiger partial charge in [0.1, 0.15) is 5.82 Å². The van der Waals surface area contributed by atoms with Crippen LogP contribution >= 0.6 is 0 Å². The lowest BCUT2D eigenvalue weighted by Gasteiger charge is -2.33. The molecule has 0 aliphatic carbocycles. The molecule has 3 rings (SSSR count). The molecule has 1 aromatic heterocycles. The van der Waals surface area contributed by atoms with E-state index in [0.29, 0.717) is 50.4 Å². The normalized spacial score (nSPS) is 14.5. The van der Waals surface area contributed by atoms with Gasteiger partial charge in [-0.05, 0) is 37.1 Å². The predicted octanol–water partition coefficient (Wildman–Crippen LogP) is 3.01. The molecule has 3 amide bonds. The lowest BCUT2D eigenvalue weighted by Crippen LogP contribution is -2.48. The van der Waals surface area contributed by atoms with Crippen molar-refractivity contribution < 1.29 is 19.1 Å². The number of aryl methyl sites for hydroxylation is 1. The second-order valence-corrected chi connectivity index (χ2v) is 6.91. The van der Waals surface area contributed by atoms with Crippen LogP contribution in [0.3, 0.4) is 0 Å². The van der Waals surface area contributed by atoms with Gasteiger partial charge in [-0.25, -0.2) is 14.0 Å². The van der Waals surface area contributed by atoms with Crippen LogP contribution in [-0.4, -0.2) is 64.7 Å². The molecule has 0 spiro atoms. The highest BCUT2D eigenvalue weighted by Gasteiger charge is 2.20. The molecule has 0 bridgehead atoms. The zero-order chi connectivity index (χ0) is 20.8. The summed E-state index contributed by atoms with van der Waals surface area (Å²) >= 11 is 0. The molecular weight excluding hydrogens is 377 g/mol. The minimum Gasteiger partial charge on any atom is -0.465 e. The number of piperazine rings is 1. The van der Waals surface area contributed by atoms with Gasteiger partial charge >= 0.3 is 12.1 Å². The molecule has 1 aromatic carbocycles. The van der Waals surface area contributed by atoms with Crippen LogP contribution < -0.4 is 10.6 Å². The number of urea groups is 1. The first-order valence-corrected chi connectivity index (χ1v) is 9.40. The number of carbonyl (C=O) groups is 2. The average molecular weight is 401 g/mol. The van der Waals surface area contributed by atoms with Crippen LogP contribution in [-0.2, 0) is 6.42 Å². The number of carboxylic acid groups (broad SMARTS) is 1. The Labute approximate surface area is 168 Å². The lowest BCUT2D eigenvalue weighted by atomic mass is 10.1. The van der Waals surface area contributed by atoms with Crippen molar-refractivity contribution in [1.29, 1.82) is 0 Å². The van der Waals surface area contributed by atoms with Gasteiger partial charge in [0.05, 0.1) is 17.6 Å². The number of aromatic nitrogens is 1. The number of anilines is 2. The fourth-order valence-corrected chi connectivity index (χ4v) is 3.14. The quantitative estimate of drug-likeness (QED) is 0.716. The molecule has 29 heavy (non-hydrogen) atoms. The number of nitrogens with zero attached hydrogens (tertiary/aromatic N) is 3. The van der Waals surface area contributed by atoms with Crippen LogP contribution in [0.25, 0.3) is 0 Å². The van der Waals surface area contributed by atoms with E-state index in [2.05, 4.69) is 20.5 Å². The third-order valence-corrected chi connectivity index (χ3v) is 4.84. The van der Waals surface area contributed by atoms with Gasteiger partial charge in [-0.3, -0.25) is 9.88 Å². The molecule has 0 radical (unpaired) electrons. The smallest absolute Gasteiger partial charge is 0.407 e. The first-order chi connectivity index (χ1) is 13.9. The van der Waals surface area contributed by atoms with Gasteiger partial charge in [-0.15, -0.1) is 0 Å². The number of nitrogens with one attached hydrogen (secondary N) is 2. The van der Waals surface area contributed by atoms with Gasteiger partial charge in [-0.2, -0.15) is 0 Å². The summed E-state index contributed by atoms with van der Waals surface area (Å²) in [5.74, 6) is -0.464. The van der Waals surface area contributed by atoms with Crippen LogP contribution in [0, 0.1) is 12.7 Å². The first-order valence-electron chi connectivity index (χ1n) is 9.40. The van der Waals surface area contributed by atoms with Crippen LogP contribution in [0.15, 0.2) is 36.5 Å². The third-order valence-electron chi connectivity index (χ3n) is 4.84. The predicted molar refractivity (Wildman–Crippen MR) is 108 cm³/mol. The van der Waals surface area contributed by atoms with Crippen LogP contribution in [0.5, 0.6) is 0 Å². The SMILES string of the molecule is Cc1ccc(NC(=O)Nc2cccc(CCN3CCN(C(=O)O)CC3)c2F)cn1. The Morgan fingerprint density at radius 2 is 1.90 bits per heavy atom. The van der Waals surface area contributed by atoms with Crippen molar-refractivity contribution in [2.45, 2.75) is 13.3 Å². The van der Waals surface area contributed by atoms with Gasteiger partial charge in [0.25, 0.3) is 0 Å². The van der Waals surface area contributed by atoms with Gasteiger partial charge < -0.3 is 20.6 Å². The summed E-state index contributed by atoms with van der Waals surface area (Å²) in [7, 11) is 0. The summed E-state index contributed by atoms with van der Waals surface area (Å²) in [6, 6.07) is 7.85. The zero-order valence-corrected chi connectivity index (χ0v) is 16.2. The van der Waals surface area contributed by atoms with Crippen LogP contribution in [0.2, 0.25) is 0 Å². The Hall–Kier alpha value is -3.20. The maximum atomic E-state index is 14.8. The van der Waals surface area contributed by atoms with E-state index >= 15 is 0 Å². The van der Waals surface area contributed by atoms with Crippen molar-refractivity contribution in [1.82, 2.24) is 14.8 Å². The van der Waals surface area contributed by atoms with Crippen molar-refractivity contribution >= 4 is 23.5 Å². The van der Waals surface area contributed by atoms with Gasteiger partial charge in [0.2, 0.25) is 0 Å². The summed E-state index contributed by atoms with van der Waals surface area (Å²) in [5, 5.41) is 14.1. The molecule has 1 aliphatic rings. The highest BCUT2D eigenvalue weighted by Crippen LogP contribution is 2.19. The van der Waals surface area contributed by atoms with Crippen molar-refractivity contribution in [3.8, 4) is 0 Å². The van der Waals surface area contributed by atoms with Crippen molar-refractivity contribution in [3.63, 3.8) is 0 Å². The molecule has 2 heterocycles. The Bertz CT molecular complexity index is 867. The topological polar surface area (TPSA) is 97.8 Å². The Morgan fingerprint density at radius 1 is 1.14 bits per heavy atom. The summed E-state index contributed by atoms with van der Waals surface area (Å²) in [6.45, 7) is 4.62. The summed E-state index contributed by atoms with van der Waals surface area (Å²) < 4.78 is 14.8. The Kier molecular flexibility index (Phi) is 6.61. The maximum absolute atomic E-state index is 14.8. The number of hydrogen-bond donors (Lipinski definition) is 3. The zero-order valence-electron chi connectivity index (χ0n) is 16.2. The number of halogens is 1. The number of rotatable bonds is 5. The molecular formula is C20H24FN5O3. The first kappa shape index (κ1) is 20.5. The molecule has 0 unspecified atom stereocenters. The van der Waals surface area contributed by atoms with Crippen molar-refractivity contribution in [2.24, 2.45) is 0 Å². The lowest BCUT2D eigenvalue weighted by molar-refractivity contribution is 0.106. The molecule has 8 nitrogen and oxygen atoms in total. The third kappa shape index (κ3) is 5.64. The number of benzene rings is 1. The van der Waals surface area contributed by atoms with Crippen LogP contribution in [0.1, 0.15) is 11.3 Å². The molecule has 2 aromatic rings. The monoisotopic (exact) mass is 401 g/mol. The standard InChI is InChI=1S/C20H24FN5O3/c1-14-5-6-16(13-22-14)23-19(27)24-17-4-2-3-15(18(17)21)7-8-25-9-11-26(12-10-25)20(28)29/h2-6,13H,7-12H2,1H3,(H,28,29)(H2,23,24,27). The molecule has 1 saturated heterocycles. The second kappa shape index (κ2) is 9.33. The van der Waals surface area contributed by atoms with Crippen molar-refractivity contribution in [3.05, 3.63) is 53.6 Å². The minimum absolute atomic E-state index is 0.107. The largest absolute Gasteiger partial charge is 0.465 e. The van der Waals surface area contributed by atoms with E-state index in [4.69, 9.17) is 5.11 Å². The number of pyridine rings is 1. The molecule has 9 heteroatoms. The Balaban J connectivity index is 1.54. The van der Waals surface area contributed by atoms with Gasteiger partial charge in [0.15, 0.2) is 0 Å². The summed E-state index contributed by atoms with van der Waals surface area (Å²) in [4.78, 5) is 30.7. The molecule has 0 atom stereocenters. The van der Waals surface area contributed by atoms with E-state index < -0.39 is 17.9 Å². The number of amides is 3. The molecule has 1 aliphatic heterocycles. The molecule has 3 N–H and O–H groups in total. The van der Waals surface area contributed by atoms with Crippen molar-refractivity contribution in [2.75, 3.05) is 43.4 Å². The number of hydrogen-bond acceptors (Lipinski definition) is 4. The molecule has 1 fully saturated rings. The second-order valence-electron chi connectivity index (χ2n) is 6.91. The minimum atomic E-state index is -0.908.